The van der Waals surface area contributed by atoms with Crippen LogP contribution in [0.1, 0.15) is 25.6 Å². The van der Waals surface area contributed by atoms with Gasteiger partial charge in [0.25, 0.3) is 0 Å². The highest BCUT2D eigenvalue weighted by atomic mass is 35.5. The van der Waals surface area contributed by atoms with Crippen LogP contribution in [0.15, 0.2) is 42.7 Å². The monoisotopic (exact) mass is 464 g/mol. The summed E-state index contributed by atoms with van der Waals surface area (Å²) in [4.78, 5) is 10.2. The molecular formula is C22H16Cl2F2N2OS. The lowest BCUT2D eigenvalue weighted by molar-refractivity contribution is 0.399. The number of rotatable bonds is 3. The van der Waals surface area contributed by atoms with Gasteiger partial charge in [-0.2, -0.15) is 0 Å². The quantitative estimate of drug-likeness (QED) is 0.307. The number of hydrogen-bond donors (Lipinski definition) is 0. The molecule has 0 fully saturated rings. The van der Waals surface area contributed by atoms with Crippen molar-refractivity contribution in [1.29, 1.82) is 0 Å². The molecule has 2 heterocycles. The Hall–Kier alpha value is -2.28. The van der Waals surface area contributed by atoms with E-state index in [-0.39, 0.29) is 11.3 Å². The molecule has 0 atom stereocenters. The molecule has 0 saturated heterocycles. The van der Waals surface area contributed by atoms with Crippen LogP contribution in [0.5, 0.6) is 11.6 Å². The highest BCUT2D eigenvalue weighted by molar-refractivity contribution is 7.19. The predicted octanol–water partition coefficient (Wildman–Crippen LogP) is 8.03. The van der Waals surface area contributed by atoms with Crippen molar-refractivity contribution >= 4 is 44.8 Å². The SMILES string of the molecule is CC(C)(C)c1sc2ncnc(Oc3c(F)cccc3F)c2c1-c1ccc(Cl)c(Cl)c1. The number of thiophene rings is 1. The van der Waals surface area contributed by atoms with Crippen LogP contribution in [0.3, 0.4) is 0 Å². The predicted molar refractivity (Wildman–Crippen MR) is 118 cm³/mol. The topological polar surface area (TPSA) is 35.0 Å². The van der Waals surface area contributed by atoms with Crippen LogP contribution in [-0.2, 0) is 5.41 Å². The fourth-order valence-corrected chi connectivity index (χ4v) is 4.63. The van der Waals surface area contributed by atoms with Crippen molar-refractivity contribution in [3.8, 4) is 22.8 Å². The van der Waals surface area contributed by atoms with Crippen molar-refractivity contribution in [2.24, 2.45) is 0 Å². The van der Waals surface area contributed by atoms with Gasteiger partial charge in [0, 0.05) is 10.4 Å². The second kappa shape index (κ2) is 7.76. The molecule has 0 amide bonds. The van der Waals surface area contributed by atoms with Crippen molar-refractivity contribution in [2.75, 3.05) is 0 Å². The molecule has 0 bridgehead atoms. The van der Waals surface area contributed by atoms with E-state index in [0.29, 0.717) is 20.3 Å². The molecule has 0 aliphatic rings. The van der Waals surface area contributed by atoms with Crippen molar-refractivity contribution < 1.29 is 13.5 Å². The van der Waals surface area contributed by atoms with Crippen molar-refractivity contribution in [3.63, 3.8) is 0 Å². The molecule has 4 aromatic rings. The summed E-state index contributed by atoms with van der Waals surface area (Å²) in [5, 5.41) is 1.39. The third-order valence-electron chi connectivity index (χ3n) is 4.46. The molecule has 0 unspecified atom stereocenters. The van der Waals surface area contributed by atoms with E-state index in [4.69, 9.17) is 27.9 Å². The maximum atomic E-state index is 14.2. The highest BCUT2D eigenvalue weighted by Gasteiger charge is 2.28. The Morgan fingerprint density at radius 1 is 0.967 bits per heavy atom. The molecule has 154 valence electrons. The highest BCUT2D eigenvalue weighted by Crippen LogP contribution is 2.48. The number of nitrogens with zero attached hydrogens (tertiary/aromatic N) is 2. The molecule has 4 rings (SSSR count). The summed E-state index contributed by atoms with van der Waals surface area (Å²) in [7, 11) is 0. The van der Waals surface area contributed by atoms with Crippen LogP contribution < -0.4 is 4.74 Å². The molecule has 0 spiro atoms. The Kier molecular flexibility index (Phi) is 5.43. The molecule has 2 aromatic heterocycles. The van der Waals surface area contributed by atoms with E-state index in [1.165, 1.54) is 23.7 Å². The minimum absolute atomic E-state index is 0.0665. The minimum Gasteiger partial charge on any atom is -0.432 e. The average molecular weight is 465 g/mol. The fraction of sp³-hybridized carbons (Fsp3) is 0.182. The molecule has 0 saturated carbocycles. The third-order valence-corrected chi connectivity index (χ3v) is 6.72. The zero-order valence-corrected chi connectivity index (χ0v) is 18.6. The summed E-state index contributed by atoms with van der Waals surface area (Å²) in [5.74, 6) is -2.08. The van der Waals surface area contributed by atoms with E-state index in [0.717, 1.165) is 28.1 Å². The van der Waals surface area contributed by atoms with E-state index in [1.807, 2.05) is 6.07 Å². The van der Waals surface area contributed by atoms with Crippen LogP contribution in [-0.4, -0.2) is 9.97 Å². The van der Waals surface area contributed by atoms with E-state index in [1.54, 1.807) is 12.1 Å². The lowest BCUT2D eigenvalue weighted by Crippen LogP contribution is -2.10. The van der Waals surface area contributed by atoms with Gasteiger partial charge in [-0.15, -0.1) is 11.3 Å². The summed E-state index contributed by atoms with van der Waals surface area (Å²) in [6.45, 7) is 6.22. The number of aromatic nitrogens is 2. The maximum Gasteiger partial charge on any atom is 0.232 e. The molecule has 0 radical (unpaired) electrons. The van der Waals surface area contributed by atoms with Crippen LogP contribution in [0.25, 0.3) is 21.3 Å². The van der Waals surface area contributed by atoms with Gasteiger partial charge < -0.3 is 4.74 Å². The zero-order chi connectivity index (χ0) is 21.6. The lowest BCUT2D eigenvalue weighted by Gasteiger charge is -2.19. The van der Waals surface area contributed by atoms with Gasteiger partial charge in [-0.25, -0.2) is 18.7 Å². The number of benzene rings is 2. The zero-order valence-electron chi connectivity index (χ0n) is 16.3. The molecule has 30 heavy (non-hydrogen) atoms. The Balaban J connectivity index is 2.02. The van der Waals surface area contributed by atoms with Crippen molar-refractivity contribution in [1.82, 2.24) is 9.97 Å². The van der Waals surface area contributed by atoms with Crippen LogP contribution >= 0.6 is 34.5 Å². The average Bonchev–Trinajstić information content (AvgIpc) is 3.08. The minimum atomic E-state index is -0.816. The largest absolute Gasteiger partial charge is 0.432 e. The summed E-state index contributed by atoms with van der Waals surface area (Å²) in [5.41, 5.74) is 1.34. The summed E-state index contributed by atoms with van der Waals surface area (Å²) < 4.78 is 34.1. The van der Waals surface area contributed by atoms with Gasteiger partial charge in [-0.3, -0.25) is 0 Å². The standard InChI is InChI=1S/C22H16Cl2F2N2OS/c1-22(2,3)19-16(11-7-8-12(23)13(24)9-11)17-20(27-10-28-21(17)30-19)29-18-14(25)5-4-6-15(18)26/h4-10H,1-3H3. The molecule has 8 heteroatoms. The fourth-order valence-electron chi connectivity index (χ4n) is 3.12. The summed E-state index contributed by atoms with van der Waals surface area (Å²) in [6.07, 6.45) is 1.32. The van der Waals surface area contributed by atoms with Crippen LogP contribution in [0.2, 0.25) is 10.0 Å². The van der Waals surface area contributed by atoms with E-state index in [9.17, 15) is 8.78 Å². The number of fused-ring (bicyclic) bond motifs is 1. The van der Waals surface area contributed by atoms with Crippen LogP contribution in [0.4, 0.5) is 8.78 Å². The first-order valence-corrected chi connectivity index (χ1v) is 10.6. The van der Waals surface area contributed by atoms with Gasteiger partial charge in [0.15, 0.2) is 11.6 Å². The van der Waals surface area contributed by atoms with Gasteiger partial charge in [-0.05, 0) is 35.2 Å². The first kappa shape index (κ1) is 21.0. The Bertz CT molecular complexity index is 1250. The van der Waals surface area contributed by atoms with Gasteiger partial charge in [0.05, 0.1) is 15.4 Å². The van der Waals surface area contributed by atoms with Gasteiger partial charge in [0.2, 0.25) is 11.6 Å². The molecule has 0 aliphatic carbocycles. The Labute approximate surface area is 186 Å². The van der Waals surface area contributed by atoms with Crippen LogP contribution in [0, 0.1) is 11.6 Å². The van der Waals surface area contributed by atoms with Gasteiger partial charge >= 0.3 is 0 Å². The van der Waals surface area contributed by atoms with Gasteiger partial charge in [0.1, 0.15) is 11.2 Å². The lowest BCUT2D eigenvalue weighted by atomic mass is 9.88. The normalized spacial score (nSPS) is 11.8. The smallest absolute Gasteiger partial charge is 0.232 e. The molecular weight excluding hydrogens is 449 g/mol. The van der Waals surface area contributed by atoms with E-state index < -0.39 is 17.4 Å². The second-order valence-corrected chi connectivity index (χ2v) is 9.51. The third kappa shape index (κ3) is 3.75. The van der Waals surface area contributed by atoms with Gasteiger partial charge in [-0.1, -0.05) is 56.1 Å². The summed E-state index contributed by atoms with van der Waals surface area (Å²) >= 11 is 13.8. The first-order valence-electron chi connectivity index (χ1n) is 9.02. The number of para-hydroxylation sites is 1. The number of hydrogen-bond acceptors (Lipinski definition) is 4. The van der Waals surface area contributed by atoms with Crippen molar-refractivity contribution in [2.45, 2.75) is 26.2 Å². The Morgan fingerprint density at radius 3 is 2.30 bits per heavy atom. The summed E-state index contributed by atoms with van der Waals surface area (Å²) in [6, 6.07) is 8.83. The Morgan fingerprint density at radius 2 is 1.67 bits per heavy atom. The first-order chi connectivity index (χ1) is 14.2. The number of halogens is 4. The number of ether oxygens (including phenoxy) is 1. The maximum absolute atomic E-state index is 14.2. The molecule has 0 N–H and O–H groups in total. The molecule has 2 aromatic carbocycles. The van der Waals surface area contributed by atoms with Crippen molar-refractivity contribution in [3.05, 3.63) is 69.3 Å². The van der Waals surface area contributed by atoms with E-state index >= 15 is 0 Å². The second-order valence-electron chi connectivity index (χ2n) is 7.70. The molecule has 3 nitrogen and oxygen atoms in total. The molecule has 0 aliphatic heterocycles. The van der Waals surface area contributed by atoms with E-state index in [2.05, 4.69) is 30.7 Å².